The van der Waals surface area contributed by atoms with Crippen LogP contribution in [0.5, 0.6) is 0 Å². The van der Waals surface area contributed by atoms with Crippen molar-refractivity contribution in [2.24, 2.45) is 0 Å². The molecule has 96 valence electrons. The molecule has 0 atom stereocenters. The molecule has 0 N–H and O–H groups in total. The van der Waals surface area contributed by atoms with E-state index in [1.807, 2.05) is 0 Å². The molecule has 0 amide bonds. The molecule has 2 nitrogen and oxygen atoms in total. The number of hydrogen-bond donors (Lipinski definition) is 0. The first-order valence-electron chi connectivity index (χ1n) is 6.78. The molecule has 2 aromatic rings. The van der Waals surface area contributed by atoms with E-state index in [1.54, 1.807) is 0 Å². The van der Waals surface area contributed by atoms with E-state index in [9.17, 15) is 0 Å². The minimum Gasteiger partial charge on any atom is -0.344 e. The maximum atomic E-state index is 3.56. The second-order valence-corrected chi connectivity index (χ2v) is 5.98. The van der Waals surface area contributed by atoms with Crippen LogP contribution in [-0.4, -0.2) is 22.6 Å². The normalized spacial score (nSPS) is 16.8. The first-order valence-corrected chi connectivity index (χ1v) is 7.57. The Morgan fingerprint density at radius 1 is 1.17 bits per heavy atom. The summed E-state index contributed by atoms with van der Waals surface area (Å²) < 4.78 is 3.61. The molecule has 0 radical (unpaired) electrons. The Labute approximate surface area is 117 Å². The second kappa shape index (κ2) is 5.06. The Morgan fingerprint density at radius 3 is 2.67 bits per heavy atom. The van der Waals surface area contributed by atoms with Gasteiger partial charge in [-0.3, -0.25) is 4.90 Å². The van der Waals surface area contributed by atoms with Crippen LogP contribution >= 0.6 is 15.9 Å². The van der Waals surface area contributed by atoms with Crippen LogP contribution in [-0.2, 0) is 13.1 Å². The fourth-order valence-corrected chi connectivity index (χ4v) is 3.35. The Kier molecular flexibility index (Phi) is 3.44. The number of benzene rings is 1. The van der Waals surface area contributed by atoms with E-state index in [0.717, 1.165) is 17.6 Å². The monoisotopic (exact) mass is 306 g/mol. The third-order valence-electron chi connectivity index (χ3n) is 3.85. The largest absolute Gasteiger partial charge is 0.344 e. The van der Waals surface area contributed by atoms with Crippen LogP contribution in [0, 0.1) is 0 Å². The van der Waals surface area contributed by atoms with Crippen molar-refractivity contribution in [2.75, 3.05) is 13.1 Å². The van der Waals surface area contributed by atoms with Crippen molar-refractivity contribution in [3.63, 3.8) is 0 Å². The summed E-state index contributed by atoms with van der Waals surface area (Å²) in [5, 5.41) is 1.35. The number of aromatic nitrogens is 1. The van der Waals surface area contributed by atoms with Gasteiger partial charge in [0.15, 0.2) is 0 Å². The minimum absolute atomic E-state index is 1.05. The van der Waals surface area contributed by atoms with Crippen molar-refractivity contribution in [2.45, 2.75) is 32.9 Å². The van der Waals surface area contributed by atoms with Crippen molar-refractivity contribution in [1.29, 1.82) is 0 Å². The Hall–Kier alpha value is -0.800. The number of hydrogen-bond acceptors (Lipinski definition) is 1. The molecule has 1 aromatic heterocycles. The predicted octanol–water partition coefficient (Wildman–Crippen LogP) is 4.02. The lowest BCUT2D eigenvalue weighted by molar-refractivity contribution is 0.322. The van der Waals surface area contributed by atoms with Gasteiger partial charge in [0, 0.05) is 34.2 Å². The van der Waals surface area contributed by atoms with Crippen molar-refractivity contribution in [1.82, 2.24) is 9.47 Å². The highest BCUT2D eigenvalue weighted by atomic mass is 79.9. The molecule has 0 saturated carbocycles. The summed E-state index contributed by atoms with van der Waals surface area (Å²) >= 11 is 3.56. The molecule has 0 spiro atoms. The average molecular weight is 307 g/mol. The van der Waals surface area contributed by atoms with Gasteiger partial charge in [-0.15, -0.1) is 0 Å². The molecule has 0 unspecified atom stereocenters. The maximum absolute atomic E-state index is 3.56. The minimum atomic E-state index is 1.05. The molecule has 1 fully saturated rings. The molecule has 18 heavy (non-hydrogen) atoms. The Morgan fingerprint density at radius 2 is 1.94 bits per heavy atom. The van der Waals surface area contributed by atoms with Crippen LogP contribution < -0.4 is 0 Å². The zero-order valence-electron chi connectivity index (χ0n) is 10.8. The Bertz CT molecular complexity index is 553. The van der Waals surface area contributed by atoms with E-state index in [2.05, 4.69) is 56.6 Å². The first-order chi connectivity index (χ1) is 8.78. The van der Waals surface area contributed by atoms with Gasteiger partial charge in [0.25, 0.3) is 0 Å². The second-order valence-electron chi connectivity index (χ2n) is 5.07. The predicted molar refractivity (Wildman–Crippen MR) is 79.8 cm³/mol. The van der Waals surface area contributed by atoms with E-state index in [0.29, 0.717) is 0 Å². The van der Waals surface area contributed by atoms with E-state index in [4.69, 9.17) is 0 Å². The topological polar surface area (TPSA) is 8.17 Å². The highest BCUT2D eigenvalue weighted by Crippen LogP contribution is 2.25. The van der Waals surface area contributed by atoms with Crippen molar-refractivity contribution in [3.05, 3.63) is 34.4 Å². The van der Waals surface area contributed by atoms with Crippen molar-refractivity contribution < 1.29 is 0 Å². The summed E-state index contributed by atoms with van der Waals surface area (Å²) in [6, 6.07) is 8.92. The first kappa shape index (κ1) is 12.2. The zero-order chi connectivity index (χ0) is 12.5. The van der Waals surface area contributed by atoms with E-state index >= 15 is 0 Å². The highest BCUT2D eigenvalue weighted by Gasteiger charge is 2.15. The summed E-state index contributed by atoms with van der Waals surface area (Å²) in [4.78, 5) is 2.56. The lowest BCUT2D eigenvalue weighted by atomic mass is 10.2. The third-order valence-corrected chi connectivity index (χ3v) is 4.34. The smallest absolute Gasteiger partial charge is 0.0483 e. The molecule has 2 heterocycles. The molecule has 1 aromatic carbocycles. The number of fused-ring (bicyclic) bond motifs is 1. The summed E-state index contributed by atoms with van der Waals surface area (Å²) in [6.07, 6.45) is 2.72. The number of halogens is 1. The third kappa shape index (κ3) is 2.21. The molecule has 1 aliphatic heterocycles. The lowest BCUT2D eigenvalue weighted by Gasteiger charge is -2.16. The van der Waals surface area contributed by atoms with Gasteiger partial charge in [-0.05, 0) is 57.1 Å². The van der Waals surface area contributed by atoms with Crippen LogP contribution in [0.25, 0.3) is 10.9 Å². The van der Waals surface area contributed by atoms with Crippen LogP contribution in [0.2, 0.25) is 0 Å². The van der Waals surface area contributed by atoms with Crippen LogP contribution in [0.1, 0.15) is 25.5 Å². The molecular weight excluding hydrogens is 288 g/mol. The fraction of sp³-hybridized carbons (Fsp3) is 0.467. The Balaban J connectivity index is 1.99. The van der Waals surface area contributed by atoms with Crippen LogP contribution in [0.15, 0.2) is 28.7 Å². The van der Waals surface area contributed by atoms with Gasteiger partial charge in [0.05, 0.1) is 0 Å². The molecule has 1 aliphatic rings. The number of rotatable bonds is 3. The SMILES string of the molecule is CCn1c(CN2CCCC2)cc2cc(Br)ccc21. The number of likely N-dealkylation sites (tertiary alicyclic amines) is 1. The highest BCUT2D eigenvalue weighted by molar-refractivity contribution is 9.10. The average Bonchev–Trinajstić information content (AvgIpc) is 2.96. The molecular formula is C15H19BrN2. The molecule has 0 aliphatic carbocycles. The van der Waals surface area contributed by atoms with Gasteiger partial charge in [-0.2, -0.15) is 0 Å². The van der Waals surface area contributed by atoms with E-state index < -0.39 is 0 Å². The fourth-order valence-electron chi connectivity index (χ4n) is 2.97. The summed E-state index contributed by atoms with van der Waals surface area (Å²) in [6.45, 7) is 6.90. The van der Waals surface area contributed by atoms with Gasteiger partial charge in [-0.1, -0.05) is 15.9 Å². The van der Waals surface area contributed by atoms with Crippen LogP contribution in [0.3, 0.4) is 0 Å². The summed E-state index contributed by atoms with van der Waals surface area (Å²) in [7, 11) is 0. The molecule has 1 saturated heterocycles. The number of nitrogens with zero attached hydrogens (tertiary/aromatic N) is 2. The summed E-state index contributed by atoms with van der Waals surface area (Å²) in [5.74, 6) is 0. The van der Waals surface area contributed by atoms with Gasteiger partial charge >= 0.3 is 0 Å². The molecule has 3 heteroatoms. The van der Waals surface area contributed by atoms with Gasteiger partial charge < -0.3 is 4.57 Å². The quantitative estimate of drug-likeness (QED) is 0.831. The number of aryl methyl sites for hydroxylation is 1. The van der Waals surface area contributed by atoms with Gasteiger partial charge in [0.2, 0.25) is 0 Å². The summed E-state index contributed by atoms with van der Waals surface area (Å²) in [5.41, 5.74) is 2.81. The lowest BCUT2D eigenvalue weighted by Crippen LogP contribution is -2.20. The standard InChI is InChI=1S/C15H19BrN2/c1-2-18-14(11-17-7-3-4-8-17)10-12-9-13(16)5-6-15(12)18/h5-6,9-10H,2-4,7-8,11H2,1H3. The zero-order valence-corrected chi connectivity index (χ0v) is 12.4. The van der Waals surface area contributed by atoms with Gasteiger partial charge in [0.1, 0.15) is 0 Å². The van der Waals surface area contributed by atoms with E-state index in [1.165, 1.54) is 42.5 Å². The molecule has 3 rings (SSSR count). The van der Waals surface area contributed by atoms with Crippen molar-refractivity contribution in [3.8, 4) is 0 Å². The van der Waals surface area contributed by atoms with E-state index in [-0.39, 0.29) is 0 Å². The van der Waals surface area contributed by atoms with Crippen molar-refractivity contribution >= 4 is 26.8 Å². The molecule has 0 bridgehead atoms. The van der Waals surface area contributed by atoms with Gasteiger partial charge in [-0.25, -0.2) is 0 Å². The van der Waals surface area contributed by atoms with Crippen LogP contribution in [0.4, 0.5) is 0 Å². The maximum Gasteiger partial charge on any atom is 0.0483 e.